The summed E-state index contributed by atoms with van der Waals surface area (Å²) in [6.45, 7) is 3.42. The fraction of sp³-hybridized carbons (Fsp3) is 0.533. The maximum atomic E-state index is 13.5. The highest BCUT2D eigenvalue weighted by molar-refractivity contribution is 5.68. The lowest BCUT2D eigenvalue weighted by Gasteiger charge is -2.24. The van der Waals surface area contributed by atoms with Crippen LogP contribution in [-0.2, 0) is 20.8 Å². The van der Waals surface area contributed by atoms with E-state index in [9.17, 15) is 13.9 Å². The highest BCUT2D eigenvalue weighted by Crippen LogP contribution is 2.23. The average molecular weight is 316 g/mol. The lowest BCUT2D eigenvalue weighted by atomic mass is 10.2. The van der Waals surface area contributed by atoms with Crippen molar-refractivity contribution in [2.24, 2.45) is 0 Å². The van der Waals surface area contributed by atoms with Gasteiger partial charge in [-0.2, -0.15) is 0 Å². The van der Waals surface area contributed by atoms with Gasteiger partial charge in [-0.1, -0.05) is 0 Å². The van der Waals surface area contributed by atoms with Gasteiger partial charge in [0.25, 0.3) is 0 Å². The van der Waals surface area contributed by atoms with Crippen LogP contribution in [0.1, 0.15) is 18.9 Å². The molecule has 1 saturated heterocycles. The number of hydrogen-bond donors (Lipinski definition) is 2. The summed E-state index contributed by atoms with van der Waals surface area (Å²) < 4.78 is 42.7. The third kappa shape index (κ3) is 4.46. The number of aliphatic hydroxyl groups is 1. The van der Waals surface area contributed by atoms with Crippen LogP contribution in [0.15, 0.2) is 18.2 Å². The maximum absolute atomic E-state index is 13.5. The van der Waals surface area contributed by atoms with E-state index in [0.29, 0.717) is 19.8 Å². The van der Waals surface area contributed by atoms with E-state index < -0.39 is 17.4 Å². The third-order valence-electron chi connectivity index (χ3n) is 3.27. The standard InChI is InChI=1S/C15H19F2NO4/c1-2-20-10-15(21-5-6-22-15)8-14(19)18-9-11-3-4-12(16)7-13(11)17/h3-4,7H,2,5-6,8-10H2,1H3,(H,18,19)/p+1. The van der Waals surface area contributed by atoms with Crippen molar-refractivity contribution in [1.29, 1.82) is 0 Å². The zero-order chi connectivity index (χ0) is 16.0. The first-order valence-electron chi connectivity index (χ1n) is 7.13. The summed E-state index contributed by atoms with van der Waals surface area (Å²) >= 11 is 0. The second-order valence-corrected chi connectivity index (χ2v) is 4.96. The molecule has 5 nitrogen and oxygen atoms in total. The van der Waals surface area contributed by atoms with E-state index in [2.05, 4.69) is 4.99 Å². The van der Waals surface area contributed by atoms with Gasteiger partial charge in [0.15, 0.2) is 6.54 Å². The number of benzene rings is 1. The summed E-state index contributed by atoms with van der Waals surface area (Å²) in [5, 5.41) is 9.97. The number of nitrogens with one attached hydrogen (secondary N) is 1. The van der Waals surface area contributed by atoms with E-state index in [-0.39, 0.29) is 31.0 Å². The van der Waals surface area contributed by atoms with Gasteiger partial charge in [-0.05, 0) is 19.1 Å². The first kappa shape index (κ1) is 16.8. The van der Waals surface area contributed by atoms with Crippen molar-refractivity contribution >= 4 is 5.90 Å². The minimum Gasteiger partial charge on any atom is -0.463 e. The highest BCUT2D eigenvalue weighted by atomic mass is 19.1. The SMILES string of the molecule is CCOCC1(CC(O)=[NH+]Cc2ccc(F)cc2F)OCCO1. The average Bonchev–Trinajstić information content (AvgIpc) is 2.93. The summed E-state index contributed by atoms with van der Waals surface area (Å²) in [5.41, 5.74) is 0.250. The first-order chi connectivity index (χ1) is 10.5. The number of rotatable bonds is 7. The van der Waals surface area contributed by atoms with Crippen LogP contribution < -0.4 is 4.99 Å². The molecule has 2 N–H and O–H groups in total. The molecule has 0 saturated carbocycles. The van der Waals surface area contributed by atoms with Crippen molar-refractivity contribution < 1.29 is 33.1 Å². The topological polar surface area (TPSA) is 61.9 Å². The molecule has 1 heterocycles. The van der Waals surface area contributed by atoms with Crippen LogP contribution >= 0.6 is 0 Å². The second kappa shape index (κ2) is 7.62. The van der Waals surface area contributed by atoms with E-state index in [1.165, 1.54) is 6.07 Å². The monoisotopic (exact) mass is 316 g/mol. The molecule has 1 aliphatic heterocycles. The molecule has 0 spiro atoms. The summed E-state index contributed by atoms with van der Waals surface area (Å²) in [6, 6.07) is 3.29. The largest absolute Gasteiger partial charge is 0.463 e. The summed E-state index contributed by atoms with van der Waals surface area (Å²) in [6.07, 6.45) is 0.0653. The zero-order valence-corrected chi connectivity index (χ0v) is 12.4. The van der Waals surface area contributed by atoms with E-state index in [1.807, 2.05) is 6.92 Å². The molecule has 0 aliphatic carbocycles. The Morgan fingerprint density at radius 1 is 1.36 bits per heavy atom. The smallest absolute Gasteiger partial charge is 0.338 e. The fourth-order valence-electron chi connectivity index (χ4n) is 2.17. The number of ether oxygens (including phenoxy) is 3. The van der Waals surface area contributed by atoms with Crippen molar-refractivity contribution in [3.8, 4) is 0 Å². The van der Waals surface area contributed by atoms with E-state index in [0.717, 1.165) is 12.1 Å². The lowest BCUT2D eigenvalue weighted by molar-refractivity contribution is -0.487. The van der Waals surface area contributed by atoms with Gasteiger partial charge in [0.05, 0.1) is 18.8 Å². The van der Waals surface area contributed by atoms with Crippen LogP contribution in [0, 0.1) is 11.6 Å². The molecule has 1 fully saturated rings. The first-order valence-corrected chi connectivity index (χ1v) is 7.13. The number of halogens is 2. The molecule has 0 amide bonds. The molecule has 0 aromatic heterocycles. The Bertz CT molecular complexity index is 530. The maximum Gasteiger partial charge on any atom is 0.338 e. The van der Waals surface area contributed by atoms with E-state index in [1.54, 1.807) is 0 Å². The summed E-state index contributed by atoms with van der Waals surface area (Å²) in [4.78, 5) is 2.68. The van der Waals surface area contributed by atoms with Gasteiger partial charge >= 0.3 is 5.90 Å². The molecule has 22 heavy (non-hydrogen) atoms. The van der Waals surface area contributed by atoms with E-state index >= 15 is 0 Å². The highest BCUT2D eigenvalue weighted by Gasteiger charge is 2.40. The molecule has 122 valence electrons. The minimum absolute atomic E-state index is 0.0304. The van der Waals surface area contributed by atoms with Crippen molar-refractivity contribution in [2.75, 3.05) is 26.4 Å². The molecular formula is C15H20F2NO4+. The summed E-state index contributed by atoms with van der Waals surface area (Å²) in [5.74, 6) is -2.44. The lowest BCUT2D eigenvalue weighted by Crippen LogP contribution is -2.72. The van der Waals surface area contributed by atoms with E-state index in [4.69, 9.17) is 14.2 Å². The number of hydrogen-bond acceptors (Lipinski definition) is 3. The zero-order valence-electron chi connectivity index (χ0n) is 12.4. The molecule has 7 heteroatoms. The van der Waals surface area contributed by atoms with Crippen molar-refractivity contribution in [2.45, 2.75) is 25.7 Å². The molecule has 1 aliphatic rings. The molecule has 1 aromatic rings. The Balaban J connectivity index is 1.98. The Morgan fingerprint density at radius 3 is 2.73 bits per heavy atom. The summed E-state index contributed by atoms with van der Waals surface area (Å²) in [7, 11) is 0. The Morgan fingerprint density at radius 2 is 2.09 bits per heavy atom. The Labute approximate surface area is 127 Å². The van der Waals surface area contributed by atoms with Crippen LogP contribution in [0.3, 0.4) is 0 Å². The normalized spacial score (nSPS) is 17.9. The van der Waals surface area contributed by atoms with Crippen molar-refractivity contribution in [3.63, 3.8) is 0 Å². The van der Waals surface area contributed by atoms with Crippen LogP contribution in [0.25, 0.3) is 0 Å². The van der Waals surface area contributed by atoms with Gasteiger partial charge in [-0.3, -0.25) is 0 Å². The molecule has 2 rings (SSSR count). The van der Waals surface area contributed by atoms with Gasteiger partial charge in [0.2, 0.25) is 5.79 Å². The van der Waals surface area contributed by atoms with Crippen LogP contribution in [-0.4, -0.2) is 43.2 Å². The van der Waals surface area contributed by atoms with Crippen LogP contribution in [0.2, 0.25) is 0 Å². The van der Waals surface area contributed by atoms with Gasteiger partial charge in [0.1, 0.15) is 24.7 Å². The Hall–Kier alpha value is -1.57. The number of aliphatic hydroxyl groups excluding tert-OH is 1. The second-order valence-electron chi connectivity index (χ2n) is 4.96. The van der Waals surface area contributed by atoms with Gasteiger partial charge < -0.3 is 19.3 Å². The van der Waals surface area contributed by atoms with Gasteiger partial charge in [-0.15, -0.1) is 0 Å². The quantitative estimate of drug-likeness (QED) is 0.573. The molecular weight excluding hydrogens is 296 g/mol. The van der Waals surface area contributed by atoms with Gasteiger partial charge in [0, 0.05) is 12.7 Å². The van der Waals surface area contributed by atoms with Crippen LogP contribution in [0.4, 0.5) is 8.78 Å². The van der Waals surface area contributed by atoms with Crippen LogP contribution in [0.5, 0.6) is 0 Å². The molecule has 0 atom stereocenters. The predicted octanol–water partition coefficient (Wildman–Crippen LogP) is 0.672. The fourth-order valence-corrected chi connectivity index (χ4v) is 2.17. The predicted molar refractivity (Wildman–Crippen MR) is 74.4 cm³/mol. The molecule has 0 bridgehead atoms. The van der Waals surface area contributed by atoms with Gasteiger partial charge in [-0.25, -0.2) is 13.8 Å². The van der Waals surface area contributed by atoms with Crippen molar-refractivity contribution in [3.05, 3.63) is 35.4 Å². The van der Waals surface area contributed by atoms with Crippen molar-refractivity contribution in [1.82, 2.24) is 0 Å². The Kier molecular flexibility index (Phi) is 5.82. The minimum atomic E-state index is -1.02. The molecule has 0 radical (unpaired) electrons. The molecule has 0 unspecified atom stereocenters. The third-order valence-corrected chi connectivity index (χ3v) is 3.27. The molecule has 1 aromatic carbocycles.